The SMILES string of the molecule is CCCCC(=O)NCc1nnnn1C1CCCCC1. The number of tetrazole rings is 1. The third-order valence-corrected chi connectivity index (χ3v) is 3.68. The fourth-order valence-electron chi connectivity index (χ4n) is 2.54. The Kier molecular flexibility index (Phi) is 5.30. The molecule has 0 radical (unpaired) electrons. The second-order valence-corrected chi connectivity index (χ2v) is 5.21. The van der Waals surface area contributed by atoms with E-state index in [-0.39, 0.29) is 5.91 Å². The van der Waals surface area contributed by atoms with E-state index in [0.717, 1.165) is 31.5 Å². The van der Waals surface area contributed by atoms with Crippen LogP contribution in [0.25, 0.3) is 0 Å². The van der Waals surface area contributed by atoms with Crippen molar-refractivity contribution in [3.05, 3.63) is 5.82 Å². The van der Waals surface area contributed by atoms with Crippen LogP contribution in [0.2, 0.25) is 0 Å². The van der Waals surface area contributed by atoms with Crippen molar-refractivity contribution in [3.63, 3.8) is 0 Å². The average molecular weight is 265 g/mol. The monoisotopic (exact) mass is 265 g/mol. The predicted octanol–water partition coefficient (Wildman–Crippen LogP) is 1.98. The number of aromatic nitrogens is 4. The van der Waals surface area contributed by atoms with Gasteiger partial charge in [0, 0.05) is 6.42 Å². The second-order valence-electron chi connectivity index (χ2n) is 5.21. The molecule has 1 aliphatic carbocycles. The quantitative estimate of drug-likeness (QED) is 0.853. The van der Waals surface area contributed by atoms with Gasteiger partial charge in [0.1, 0.15) is 0 Å². The maximum atomic E-state index is 11.6. The Morgan fingerprint density at radius 1 is 1.37 bits per heavy atom. The first-order chi connectivity index (χ1) is 9.31. The number of unbranched alkanes of at least 4 members (excludes halogenated alkanes) is 1. The van der Waals surface area contributed by atoms with Crippen LogP contribution < -0.4 is 5.32 Å². The van der Waals surface area contributed by atoms with Gasteiger partial charge in [-0.05, 0) is 29.7 Å². The van der Waals surface area contributed by atoms with Gasteiger partial charge in [0.25, 0.3) is 0 Å². The molecule has 19 heavy (non-hydrogen) atoms. The summed E-state index contributed by atoms with van der Waals surface area (Å²) in [6.45, 7) is 2.52. The zero-order chi connectivity index (χ0) is 13.5. The van der Waals surface area contributed by atoms with Crippen LogP contribution >= 0.6 is 0 Å². The van der Waals surface area contributed by atoms with Crippen molar-refractivity contribution in [2.75, 3.05) is 0 Å². The van der Waals surface area contributed by atoms with Gasteiger partial charge in [-0.1, -0.05) is 32.6 Å². The van der Waals surface area contributed by atoms with E-state index in [2.05, 4.69) is 27.8 Å². The lowest BCUT2D eigenvalue weighted by molar-refractivity contribution is -0.121. The van der Waals surface area contributed by atoms with E-state index in [1.54, 1.807) is 0 Å². The van der Waals surface area contributed by atoms with Crippen molar-refractivity contribution in [1.82, 2.24) is 25.5 Å². The van der Waals surface area contributed by atoms with E-state index >= 15 is 0 Å². The standard InChI is InChI=1S/C13H23N5O/c1-2-3-9-13(19)14-10-12-15-16-17-18(12)11-7-5-4-6-8-11/h11H,2-10H2,1H3,(H,14,19). The van der Waals surface area contributed by atoms with Crippen molar-refractivity contribution in [2.24, 2.45) is 0 Å². The zero-order valence-corrected chi connectivity index (χ0v) is 11.6. The summed E-state index contributed by atoms with van der Waals surface area (Å²) in [5.74, 6) is 0.858. The summed E-state index contributed by atoms with van der Waals surface area (Å²) < 4.78 is 1.90. The van der Waals surface area contributed by atoms with Gasteiger partial charge in [0.05, 0.1) is 12.6 Å². The highest BCUT2D eigenvalue weighted by atomic mass is 16.1. The molecule has 1 aromatic rings. The summed E-state index contributed by atoms with van der Waals surface area (Å²) >= 11 is 0. The topological polar surface area (TPSA) is 72.7 Å². The molecule has 0 aliphatic heterocycles. The number of carbonyl (C=O) groups is 1. The minimum absolute atomic E-state index is 0.0834. The maximum absolute atomic E-state index is 11.6. The van der Waals surface area contributed by atoms with Gasteiger partial charge >= 0.3 is 0 Å². The number of carbonyl (C=O) groups excluding carboxylic acids is 1. The molecule has 2 rings (SSSR count). The minimum Gasteiger partial charge on any atom is -0.349 e. The molecule has 1 fully saturated rings. The summed E-state index contributed by atoms with van der Waals surface area (Å²) in [5.41, 5.74) is 0. The number of hydrogen-bond donors (Lipinski definition) is 1. The van der Waals surface area contributed by atoms with E-state index in [1.165, 1.54) is 19.3 Å². The van der Waals surface area contributed by atoms with Crippen molar-refractivity contribution >= 4 is 5.91 Å². The normalized spacial score (nSPS) is 16.5. The van der Waals surface area contributed by atoms with E-state index in [0.29, 0.717) is 19.0 Å². The number of amides is 1. The highest BCUT2D eigenvalue weighted by molar-refractivity contribution is 5.75. The van der Waals surface area contributed by atoms with Crippen LogP contribution in [0.1, 0.15) is 70.2 Å². The van der Waals surface area contributed by atoms with Crippen LogP contribution in [0.4, 0.5) is 0 Å². The Labute approximate surface area is 113 Å². The van der Waals surface area contributed by atoms with Crippen molar-refractivity contribution in [3.8, 4) is 0 Å². The molecule has 1 saturated carbocycles. The van der Waals surface area contributed by atoms with Crippen LogP contribution in [0.3, 0.4) is 0 Å². The summed E-state index contributed by atoms with van der Waals surface area (Å²) in [5, 5.41) is 14.8. The van der Waals surface area contributed by atoms with E-state index in [4.69, 9.17) is 0 Å². The lowest BCUT2D eigenvalue weighted by atomic mass is 9.95. The molecule has 0 unspecified atom stereocenters. The Balaban J connectivity index is 1.86. The molecule has 0 saturated heterocycles. The van der Waals surface area contributed by atoms with Crippen molar-refractivity contribution in [2.45, 2.75) is 70.9 Å². The smallest absolute Gasteiger partial charge is 0.220 e. The number of nitrogens with one attached hydrogen (secondary N) is 1. The van der Waals surface area contributed by atoms with Crippen LogP contribution in [0.5, 0.6) is 0 Å². The summed E-state index contributed by atoms with van der Waals surface area (Å²) in [4.78, 5) is 11.6. The van der Waals surface area contributed by atoms with Gasteiger partial charge in [-0.25, -0.2) is 4.68 Å². The molecule has 1 aliphatic rings. The van der Waals surface area contributed by atoms with Crippen LogP contribution in [0.15, 0.2) is 0 Å². The molecule has 0 bridgehead atoms. The molecular formula is C13H23N5O. The summed E-state index contributed by atoms with van der Waals surface area (Å²) in [7, 11) is 0. The lowest BCUT2D eigenvalue weighted by Gasteiger charge is -2.22. The zero-order valence-electron chi connectivity index (χ0n) is 11.6. The largest absolute Gasteiger partial charge is 0.349 e. The van der Waals surface area contributed by atoms with Crippen LogP contribution in [0, 0.1) is 0 Å². The fourth-order valence-corrected chi connectivity index (χ4v) is 2.54. The molecule has 6 nitrogen and oxygen atoms in total. The molecule has 1 aromatic heterocycles. The maximum Gasteiger partial charge on any atom is 0.220 e. The average Bonchev–Trinajstić information content (AvgIpc) is 2.92. The molecule has 106 valence electrons. The number of nitrogens with zero attached hydrogens (tertiary/aromatic N) is 4. The van der Waals surface area contributed by atoms with Gasteiger partial charge in [-0.3, -0.25) is 4.79 Å². The van der Waals surface area contributed by atoms with Gasteiger partial charge in [-0.2, -0.15) is 0 Å². The Morgan fingerprint density at radius 3 is 2.89 bits per heavy atom. The first-order valence-electron chi connectivity index (χ1n) is 7.34. The summed E-state index contributed by atoms with van der Waals surface area (Å²) in [6, 6.07) is 0.409. The highest BCUT2D eigenvalue weighted by Crippen LogP contribution is 2.27. The van der Waals surface area contributed by atoms with Gasteiger partial charge in [-0.15, -0.1) is 5.10 Å². The van der Waals surface area contributed by atoms with Gasteiger partial charge in [0.15, 0.2) is 5.82 Å². The third kappa shape index (κ3) is 4.01. The Morgan fingerprint density at radius 2 is 2.16 bits per heavy atom. The molecule has 6 heteroatoms. The van der Waals surface area contributed by atoms with Crippen LogP contribution in [-0.2, 0) is 11.3 Å². The molecule has 1 N–H and O–H groups in total. The van der Waals surface area contributed by atoms with Crippen molar-refractivity contribution in [1.29, 1.82) is 0 Å². The van der Waals surface area contributed by atoms with Gasteiger partial charge in [0.2, 0.25) is 5.91 Å². The van der Waals surface area contributed by atoms with E-state index in [9.17, 15) is 4.79 Å². The van der Waals surface area contributed by atoms with E-state index in [1.807, 2.05) is 4.68 Å². The number of rotatable bonds is 6. The first-order valence-corrected chi connectivity index (χ1v) is 7.34. The lowest BCUT2D eigenvalue weighted by Crippen LogP contribution is -2.26. The Bertz CT molecular complexity index is 397. The predicted molar refractivity (Wildman–Crippen MR) is 71.3 cm³/mol. The first kappa shape index (κ1) is 14.0. The summed E-state index contributed by atoms with van der Waals surface area (Å²) in [6.07, 6.45) is 8.62. The third-order valence-electron chi connectivity index (χ3n) is 3.68. The molecule has 1 amide bonds. The molecule has 0 spiro atoms. The highest BCUT2D eigenvalue weighted by Gasteiger charge is 2.19. The van der Waals surface area contributed by atoms with E-state index < -0.39 is 0 Å². The minimum atomic E-state index is 0.0834. The second kappa shape index (κ2) is 7.21. The van der Waals surface area contributed by atoms with Gasteiger partial charge < -0.3 is 5.32 Å². The number of hydrogen-bond acceptors (Lipinski definition) is 4. The molecular weight excluding hydrogens is 242 g/mol. The molecule has 1 heterocycles. The van der Waals surface area contributed by atoms with Crippen LogP contribution in [-0.4, -0.2) is 26.1 Å². The Hall–Kier alpha value is -1.46. The fraction of sp³-hybridized carbons (Fsp3) is 0.846. The van der Waals surface area contributed by atoms with Crippen molar-refractivity contribution < 1.29 is 4.79 Å². The molecule has 0 atom stereocenters. The molecule has 0 aromatic carbocycles.